The summed E-state index contributed by atoms with van der Waals surface area (Å²) in [5.41, 5.74) is 4.73. The van der Waals surface area contributed by atoms with Crippen molar-refractivity contribution in [3.8, 4) is 0 Å². The van der Waals surface area contributed by atoms with Crippen molar-refractivity contribution in [2.75, 3.05) is 0 Å². The highest BCUT2D eigenvalue weighted by atomic mass is 16.3. The maximum absolute atomic E-state index is 11.0. The Morgan fingerprint density at radius 2 is 1.68 bits per heavy atom. The van der Waals surface area contributed by atoms with Crippen LogP contribution in [0.1, 0.15) is 54.7 Å². The van der Waals surface area contributed by atoms with Crippen molar-refractivity contribution in [2.45, 2.75) is 57.0 Å². The van der Waals surface area contributed by atoms with Crippen molar-refractivity contribution < 1.29 is 5.11 Å². The first-order valence-electron chi connectivity index (χ1n) is 10.1. The molecule has 5 atom stereocenters. The molecule has 25 heavy (non-hydrogen) atoms. The van der Waals surface area contributed by atoms with Gasteiger partial charge >= 0.3 is 0 Å². The number of aliphatic hydroxyl groups excluding tert-OH is 1. The average molecular weight is 332 g/mol. The summed E-state index contributed by atoms with van der Waals surface area (Å²) in [6.07, 6.45) is 8.15. The third-order valence-corrected chi connectivity index (χ3v) is 7.69. The lowest BCUT2D eigenvalue weighted by atomic mass is 9.53. The normalized spacial score (nSPS) is 36.4. The van der Waals surface area contributed by atoms with Gasteiger partial charge in [0, 0.05) is 5.41 Å². The summed E-state index contributed by atoms with van der Waals surface area (Å²) in [5.74, 6) is 2.18. The Hall–Kier alpha value is -1.60. The first kappa shape index (κ1) is 15.6. The summed E-state index contributed by atoms with van der Waals surface area (Å²) >= 11 is 0. The Kier molecular flexibility index (Phi) is 3.74. The molecule has 3 aliphatic rings. The second kappa shape index (κ2) is 5.99. The minimum Gasteiger partial charge on any atom is -0.393 e. The van der Waals surface area contributed by atoms with Crippen LogP contribution in [-0.4, -0.2) is 11.2 Å². The number of fused-ring (bicyclic) bond motifs is 5. The Morgan fingerprint density at radius 3 is 2.56 bits per heavy atom. The van der Waals surface area contributed by atoms with Crippen LogP contribution in [-0.2, 0) is 12.8 Å². The zero-order valence-corrected chi connectivity index (χ0v) is 14.9. The smallest absolute Gasteiger partial charge is 0.0602 e. The first-order chi connectivity index (χ1) is 12.3. The Balaban J connectivity index is 1.50. The van der Waals surface area contributed by atoms with E-state index in [1.165, 1.54) is 37.7 Å². The van der Waals surface area contributed by atoms with Crippen LogP contribution in [0.5, 0.6) is 0 Å². The zero-order chi connectivity index (χ0) is 16.9. The SMILES string of the molecule is O[C@H]1CC[C@H]2[C@@H]3CCc4ccccc4[C@H]3CC[C@]12Cc1ccccc1. The second-order valence-electron chi connectivity index (χ2n) is 8.64. The molecule has 0 aliphatic heterocycles. The molecule has 1 N–H and O–H groups in total. The number of rotatable bonds is 2. The van der Waals surface area contributed by atoms with Gasteiger partial charge in [-0.15, -0.1) is 0 Å². The number of aliphatic hydroxyl groups is 1. The van der Waals surface area contributed by atoms with Gasteiger partial charge in [-0.2, -0.15) is 0 Å². The minimum atomic E-state index is -0.115. The minimum absolute atomic E-state index is 0.115. The molecular formula is C24H28O. The lowest BCUT2D eigenvalue weighted by Crippen LogP contribution is -2.47. The van der Waals surface area contributed by atoms with Crippen LogP contribution in [0.2, 0.25) is 0 Å². The van der Waals surface area contributed by atoms with Gasteiger partial charge in [0.15, 0.2) is 0 Å². The summed E-state index contributed by atoms with van der Waals surface area (Å²) in [6, 6.07) is 20.0. The standard InChI is InChI=1S/C24H28O/c25-23-13-12-22-21-11-10-18-8-4-5-9-19(18)20(21)14-15-24(22,23)16-17-6-2-1-3-7-17/h1-9,20-23,25H,10-16H2/t20-,21-,22+,23+,24-/m1/s1. The predicted molar refractivity (Wildman–Crippen MR) is 102 cm³/mol. The van der Waals surface area contributed by atoms with Crippen molar-refractivity contribution in [2.24, 2.45) is 17.3 Å². The van der Waals surface area contributed by atoms with Crippen LogP contribution in [0.25, 0.3) is 0 Å². The van der Waals surface area contributed by atoms with Crippen LogP contribution >= 0.6 is 0 Å². The fourth-order valence-electron chi connectivity index (χ4n) is 6.62. The average Bonchev–Trinajstić information content (AvgIpc) is 2.99. The quantitative estimate of drug-likeness (QED) is 0.808. The lowest BCUT2D eigenvalue weighted by molar-refractivity contribution is -0.0365. The maximum Gasteiger partial charge on any atom is 0.0602 e. The molecular weight excluding hydrogens is 304 g/mol. The van der Waals surface area contributed by atoms with E-state index in [2.05, 4.69) is 54.6 Å². The molecule has 0 heterocycles. The Bertz CT molecular complexity index is 752. The van der Waals surface area contributed by atoms with E-state index in [1.807, 2.05) is 0 Å². The Morgan fingerprint density at radius 1 is 0.880 bits per heavy atom. The molecule has 2 saturated carbocycles. The Labute approximate surface area is 151 Å². The molecule has 130 valence electrons. The maximum atomic E-state index is 11.0. The van der Waals surface area contributed by atoms with Crippen LogP contribution in [0, 0.1) is 17.3 Å². The van der Waals surface area contributed by atoms with E-state index in [1.54, 1.807) is 11.1 Å². The molecule has 0 spiro atoms. The third-order valence-electron chi connectivity index (χ3n) is 7.69. The molecule has 0 bridgehead atoms. The van der Waals surface area contributed by atoms with Gasteiger partial charge in [0.2, 0.25) is 0 Å². The summed E-state index contributed by atoms with van der Waals surface area (Å²) in [5, 5.41) is 11.0. The molecule has 5 rings (SSSR count). The second-order valence-corrected chi connectivity index (χ2v) is 8.64. The summed E-state index contributed by atoms with van der Waals surface area (Å²) in [4.78, 5) is 0. The van der Waals surface area contributed by atoms with E-state index in [9.17, 15) is 5.11 Å². The molecule has 1 heteroatoms. The van der Waals surface area contributed by atoms with Crippen molar-refractivity contribution in [1.29, 1.82) is 0 Å². The molecule has 2 fully saturated rings. The van der Waals surface area contributed by atoms with Gasteiger partial charge in [-0.3, -0.25) is 0 Å². The van der Waals surface area contributed by atoms with Crippen molar-refractivity contribution in [1.82, 2.24) is 0 Å². The van der Waals surface area contributed by atoms with E-state index in [0.29, 0.717) is 5.92 Å². The largest absolute Gasteiger partial charge is 0.393 e. The highest BCUT2D eigenvalue weighted by Gasteiger charge is 2.56. The molecule has 0 saturated heterocycles. The summed E-state index contributed by atoms with van der Waals surface area (Å²) in [7, 11) is 0. The molecule has 0 radical (unpaired) electrons. The zero-order valence-electron chi connectivity index (χ0n) is 14.9. The van der Waals surface area contributed by atoms with E-state index in [4.69, 9.17) is 0 Å². The van der Waals surface area contributed by atoms with Gasteiger partial charge in [0.25, 0.3) is 0 Å². The number of benzene rings is 2. The third kappa shape index (κ3) is 2.39. The van der Waals surface area contributed by atoms with E-state index >= 15 is 0 Å². The fraction of sp³-hybridized carbons (Fsp3) is 0.500. The molecule has 0 unspecified atom stereocenters. The van der Waals surface area contributed by atoms with Gasteiger partial charge < -0.3 is 5.11 Å². The van der Waals surface area contributed by atoms with E-state index in [-0.39, 0.29) is 11.5 Å². The molecule has 2 aromatic rings. The van der Waals surface area contributed by atoms with Gasteiger partial charge in [0.1, 0.15) is 0 Å². The van der Waals surface area contributed by atoms with E-state index < -0.39 is 0 Å². The highest BCUT2D eigenvalue weighted by Crippen LogP contribution is 2.62. The fourth-order valence-corrected chi connectivity index (χ4v) is 6.62. The number of aryl methyl sites for hydroxylation is 1. The van der Waals surface area contributed by atoms with Gasteiger partial charge in [-0.05, 0) is 79.4 Å². The topological polar surface area (TPSA) is 20.2 Å². The van der Waals surface area contributed by atoms with Crippen LogP contribution < -0.4 is 0 Å². The van der Waals surface area contributed by atoms with Crippen molar-refractivity contribution in [3.63, 3.8) is 0 Å². The van der Waals surface area contributed by atoms with Crippen LogP contribution in [0.4, 0.5) is 0 Å². The first-order valence-corrected chi connectivity index (χ1v) is 10.1. The summed E-state index contributed by atoms with van der Waals surface area (Å²) in [6.45, 7) is 0. The van der Waals surface area contributed by atoms with Gasteiger partial charge in [-0.25, -0.2) is 0 Å². The van der Waals surface area contributed by atoms with Gasteiger partial charge in [-0.1, -0.05) is 54.6 Å². The molecule has 0 aromatic heterocycles. The lowest BCUT2D eigenvalue weighted by Gasteiger charge is -2.51. The summed E-state index contributed by atoms with van der Waals surface area (Å²) < 4.78 is 0. The molecule has 0 amide bonds. The number of hydrogen-bond acceptors (Lipinski definition) is 1. The van der Waals surface area contributed by atoms with Crippen molar-refractivity contribution >= 4 is 0 Å². The highest BCUT2D eigenvalue weighted by molar-refractivity contribution is 5.35. The van der Waals surface area contributed by atoms with Crippen LogP contribution in [0.3, 0.4) is 0 Å². The van der Waals surface area contributed by atoms with Gasteiger partial charge in [0.05, 0.1) is 6.10 Å². The number of hydrogen-bond donors (Lipinski definition) is 1. The molecule has 3 aliphatic carbocycles. The van der Waals surface area contributed by atoms with Crippen molar-refractivity contribution in [3.05, 3.63) is 71.3 Å². The molecule has 1 nitrogen and oxygen atoms in total. The van der Waals surface area contributed by atoms with Crippen LogP contribution in [0.15, 0.2) is 54.6 Å². The predicted octanol–water partition coefficient (Wildman–Crippen LogP) is 5.13. The molecule has 2 aromatic carbocycles. The monoisotopic (exact) mass is 332 g/mol. The van der Waals surface area contributed by atoms with E-state index in [0.717, 1.165) is 24.7 Å².